The highest BCUT2D eigenvalue weighted by atomic mass is 16.5. The lowest BCUT2D eigenvalue weighted by Crippen LogP contribution is -1.95. The van der Waals surface area contributed by atoms with Crippen LogP contribution in [0.15, 0.2) is 36.1 Å². The third kappa shape index (κ3) is 2.62. The summed E-state index contributed by atoms with van der Waals surface area (Å²) in [4.78, 5) is 0. The van der Waals surface area contributed by atoms with E-state index >= 15 is 0 Å². The Morgan fingerprint density at radius 1 is 1.27 bits per heavy atom. The maximum atomic E-state index is 5.85. The van der Waals surface area contributed by atoms with Gasteiger partial charge in [-0.1, -0.05) is 37.3 Å². The highest BCUT2D eigenvalue weighted by Crippen LogP contribution is 2.30. The van der Waals surface area contributed by atoms with Crippen LogP contribution >= 0.6 is 0 Å². The predicted molar refractivity (Wildman–Crippen MR) is 63.4 cm³/mol. The zero-order valence-corrected chi connectivity index (χ0v) is 9.49. The normalized spacial score (nSPS) is 17.2. The van der Waals surface area contributed by atoms with E-state index in [4.69, 9.17) is 4.74 Å². The summed E-state index contributed by atoms with van der Waals surface area (Å²) in [5, 5.41) is 0. The maximum absolute atomic E-state index is 5.85. The summed E-state index contributed by atoms with van der Waals surface area (Å²) in [6.45, 7) is 4.27. The van der Waals surface area contributed by atoms with Crippen molar-refractivity contribution in [1.82, 2.24) is 0 Å². The molecule has 0 aliphatic heterocycles. The molecule has 0 N–H and O–H groups in total. The molecule has 0 atom stereocenters. The van der Waals surface area contributed by atoms with E-state index in [2.05, 4.69) is 38.1 Å². The van der Waals surface area contributed by atoms with Crippen LogP contribution in [-0.4, -0.2) is 6.10 Å². The first-order valence-electron chi connectivity index (χ1n) is 5.73. The molecule has 80 valence electrons. The minimum atomic E-state index is 0.496. The second-order valence-electron chi connectivity index (χ2n) is 4.07. The fourth-order valence-electron chi connectivity index (χ4n) is 1.80. The lowest BCUT2D eigenvalue weighted by Gasteiger charge is -2.11. The first-order chi connectivity index (χ1) is 7.31. The third-order valence-corrected chi connectivity index (χ3v) is 2.77. The Labute approximate surface area is 91.8 Å². The Kier molecular flexibility index (Phi) is 3.10. The largest absolute Gasteiger partial charge is 0.495 e. The van der Waals surface area contributed by atoms with Crippen LogP contribution in [0.25, 0.3) is 5.57 Å². The second-order valence-corrected chi connectivity index (χ2v) is 4.07. The molecule has 0 radical (unpaired) electrons. The van der Waals surface area contributed by atoms with Gasteiger partial charge in [0.2, 0.25) is 0 Å². The van der Waals surface area contributed by atoms with Crippen LogP contribution in [0.5, 0.6) is 0 Å². The van der Waals surface area contributed by atoms with Crippen molar-refractivity contribution in [2.24, 2.45) is 0 Å². The van der Waals surface area contributed by atoms with E-state index < -0.39 is 0 Å². The van der Waals surface area contributed by atoms with Gasteiger partial charge in [0.1, 0.15) is 0 Å². The first kappa shape index (κ1) is 10.3. The zero-order valence-electron chi connectivity index (χ0n) is 9.49. The number of benzene rings is 1. The van der Waals surface area contributed by atoms with Crippen LogP contribution in [0.3, 0.4) is 0 Å². The van der Waals surface area contributed by atoms with Gasteiger partial charge in [0.25, 0.3) is 0 Å². The van der Waals surface area contributed by atoms with Crippen molar-refractivity contribution in [3.63, 3.8) is 0 Å². The highest BCUT2D eigenvalue weighted by molar-refractivity contribution is 5.66. The molecule has 1 aromatic carbocycles. The quantitative estimate of drug-likeness (QED) is 0.670. The number of ether oxygens (including phenoxy) is 1. The predicted octanol–water partition coefficient (Wildman–Crippen LogP) is 4.01. The second kappa shape index (κ2) is 4.52. The van der Waals surface area contributed by atoms with E-state index in [9.17, 15) is 0 Å². The number of allylic oxidation sites excluding steroid dienone is 2. The molecule has 1 aromatic rings. The molecule has 0 saturated heterocycles. The summed E-state index contributed by atoms with van der Waals surface area (Å²) in [5.74, 6) is 1.10. The minimum absolute atomic E-state index is 0.496. The molecule has 0 aromatic heterocycles. The van der Waals surface area contributed by atoms with Gasteiger partial charge >= 0.3 is 0 Å². The van der Waals surface area contributed by atoms with Crippen molar-refractivity contribution in [2.45, 2.75) is 39.2 Å². The lowest BCUT2D eigenvalue weighted by atomic mass is 10.0. The lowest BCUT2D eigenvalue weighted by molar-refractivity contribution is 0.200. The van der Waals surface area contributed by atoms with Crippen molar-refractivity contribution in [2.75, 3.05) is 0 Å². The van der Waals surface area contributed by atoms with Gasteiger partial charge < -0.3 is 4.74 Å². The standard InChI is InChI=1S/C14H18O/c1-3-14(11(2)15-13-9-10-13)12-7-5-4-6-8-12/h4-8,13H,3,9-10H2,1-2H3/b14-11+. The topological polar surface area (TPSA) is 9.23 Å². The van der Waals surface area contributed by atoms with Crippen LogP contribution in [0.1, 0.15) is 38.7 Å². The molecule has 0 bridgehead atoms. The molecule has 1 fully saturated rings. The van der Waals surface area contributed by atoms with Crippen molar-refractivity contribution in [3.05, 3.63) is 41.7 Å². The van der Waals surface area contributed by atoms with E-state index in [1.807, 2.05) is 6.07 Å². The summed E-state index contributed by atoms with van der Waals surface area (Å²) in [6.07, 6.45) is 3.98. The zero-order chi connectivity index (χ0) is 10.7. The Morgan fingerprint density at radius 3 is 2.47 bits per heavy atom. The third-order valence-electron chi connectivity index (χ3n) is 2.77. The molecule has 1 heteroatoms. The molecular weight excluding hydrogens is 184 g/mol. The fourth-order valence-corrected chi connectivity index (χ4v) is 1.80. The van der Waals surface area contributed by atoms with Crippen LogP contribution in [-0.2, 0) is 4.74 Å². The van der Waals surface area contributed by atoms with Crippen molar-refractivity contribution in [1.29, 1.82) is 0 Å². The summed E-state index contributed by atoms with van der Waals surface area (Å²) in [5.41, 5.74) is 2.63. The molecule has 1 aliphatic carbocycles. The highest BCUT2D eigenvalue weighted by Gasteiger charge is 2.24. The molecular formula is C14H18O. The van der Waals surface area contributed by atoms with Gasteiger partial charge in [-0.15, -0.1) is 0 Å². The monoisotopic (exact) mass is 202 g/mol. The molecule has 0 heterocycles. The Balaban J connectivity index is 2.21. The average Bonchev–Trinajstić information content (AvgIpc) is 3.04. The molecule has 1 nitrogen and oxygen atoms in total. The number of hydrogen-bond acceptors (Lipinski definition) is 1. The number of hydrogen-bond donors (Lipinski definition) is 0. The first-order valence-corrected chi connectivity index (χ1v) is 5.73. The number of rotatable bonds is 4. The summed E-state index contributed by atoms with van der Waals surface area (Å²) >= 11 is 0. The minimum Gasteiger partial charge on any atom is -0.495 e. The summed E-state index contributed by atoms with van der Waals surface area (Å²) < 4.78 is 5.85. The van der Waals surface area contributed by atoms with Gasteiger partial charge in [-0.2, -0.15) is 0 Å². The average molecular weight is 202 g/mol. The summed E-state index contributed by atoms with van der Waals surface area (Å²) in [6, 6.07) is 10.5. The van der Waals surface area contributed by atoms with E-state index in [1.165, 1.54) is 24.0 Å². The molecule has 15 heavy (non-hydrogen) atoms. The molecule has 1 aliphatic rings. The van der Waals surface area contributed by atoms with Gasteiger partial charge in [0.15, 0.2) is 0 Å². The van der Waals surface area contributed by atoms with Crippen LogP contribution in [0.2, 0.25) is 0 Å². The fraction of sp³-hybridized carbons (Fsp3) is 0.429. The molecule has 0 amide bonds. The Hall–Kier alpha value is -1.24. The van der Waals surface area contributed by atoms with Crippen LogP contribution in [0, 0.1) is 0 Å². The smallest absolute Gasteiger partial charge is 0.0985 e. The van der Waals surface area contributed by atoms with Crippen molar-refractivity contribution >= 4 is 5.57 Å². The Morgan fingerprint density at radius 2 is 1.93 bits per heavy atom. The van der Waals surface area contributed by atoms with Crippen molar-refractivity contribution < 1.29 is 4.74 Å². The van der Waals surface area contributed by atoms with E-state index in [1.54, 1.807) is 0 Å². The molecule has 2 rings (SSSR count). The molecule has 1 saturated carbocycles. The van der Waals surface area contributed by atoms with Gasteiger partial charge in [-0.25, -0.2) is 0 Å². The SMILES string of the molecule is CC/C(=C(/C)OC1CC1)c1ccccc1. The maximum Gasteiger partial charge on any atom is 0.0985 e. The summed E-state index contributed by atoms with van der Waals surface area (Å²) in [7, 11) is 0. The molecule has 0 unspecified atom stereocenters. The van der Waals surface area contributed by atoms with Crippen LogP contribution < -0.4 is 0 Å². The van der Waals surface area contributed by atoms with Gasteiger partial charge in [-0.05, 0) is 37.3 Å². The van der Waals surface area contributed by atoms with Crippen molar-refractivity contribution in [3.8, 4) is 0 Å². The van der Waals surface area contributed by atoms with Gasteiger partial charge in [-0.3, -0.25) is 0 Å². The molecule has 0 spiro atoms. The van der Waals surface area contributed by atoms with E-state index in [0.717, 1.165) is 12.2 Å². The van der Waals surface area contributed by atoms with E-state index in [-0.39, 0.29) is 0 Å². The Bertz CT molecular complexity index is 347. The van der Waals surface area contributed by atoms with Gasteiger partial charge in [0, 0.05) is 0 Å². The van der Waals surface area contributed by atoms with E-state index in [0.29, 0.717) is 6.10 Å². The van der Waals surface area contributed by atoms with Gasteiger partial charge in [0.05, 0.1) is 11.9 Å². The van der Waals surface area contributed by atoms with Crippen LogP contribution in [0.4, 0.5) is 0 Å².